The molecule has 2 saturated heterocycles. The van der Waals surface area contributed by atoms with E-state index < -0.39 is 6.04 Å². The summed E-state index contributed by atoms with van der Waals surface area (Å²) in [4.78, 5) is 42.4. The van der Waals surface area contributed by atoms with Crippen LogP contribution in [0.3, 0.4) is 0 Å². The Morgan fingerprint density at radius 3 is 2.35 bits per heavy atom. The minimum Gasteiger partial charge on any atom is -0.494 e. The average Bonchev–Trinajstić information content (AvgIpc) is 3.08. The Labute approximate surface area is 184 Å². The predicted molar refractivity (Wildman–Crippen MR) is 117 cm³/mol. The van der Waals surface area contributed by atoms with Gasteiger partial charge in [-0.1, -0.05) is 26.2 Å². The van der Waals surface area contributed by atoms with Gasteiger partial charge in [0.15, 0.2) is 0 Å². The molecular weight excluding hydrogens is 398 g/mol. The zero-order chi connectivity index (χ0) is 22.2. The third kappa shape index (κ3) is 5.76. The average molecular weight is 432 g/mol. The van der Waals surface area contributed by atoms with Crippen molar-refractivity contribution in [3.63, 3.8) is 0 Å². The Morgan fingerprint density at radius 1 is 1.00 bits per heavy atom. The van der Waals surface area contributed by atoms with Crippen molar-refractivity contribution in [2.24, 2.45) is 0 Å². The maximum Gasteiger partial charge on any atom is 0.409 e. The topological polar surface area (TPSA) is 79.4 Å². The highest BCUT2D eigenvalue weighted by atomic mass is 16.6. The molecule has 0 N–H and O–H groups in total. The molecule has 1 aromatic rings. The summed E-state index contributed by atoms with van der Waals surface area (Å²) in [6.45, 7) is 7.02. The zero-order valence-corrected chi connectivity index (χ0v) is 18.5. The molecule has 0 bridgehead atoms. The third-order valence-corrected chi connectivity index (χ3v) is 5.77. The van der Waals surface area contributed by atoms with Gasteiger partial charge in [0.25, 0.3) is 5.91 Å². The van der Waals surface area contributed by atoms with E-state index in [0.717, 1.165) is 18.6 Å². The quantitative estimate of drug-likeness (QED) is 0.442. The predicted octanol–water partition coefficient (Wildman–Crippen LogP) is 3.05. The van der Waals surface area contributed by atoms with Gasteiger partial charge in [-0.05, 0) is 37.6 Å². The fourth-order valence-electron chi connectivity index (χ4n) is 4.01. The van der Waals surface area contributed by atoms with Crippen molar-refractivity contribution >= 4 is 23.6 Å². The Bertz CT molecular complexity index is 759. The molecule has 2 fully saturated rings. The van der Waals surface area contributed by atoms with Gasteiger partial charge in [0, 0.05) is 26.2 Å². The van der Waals surface area contributed by atoms with Crippen LogP contribution in [-0.4, -0.2) is 73.1 Å². The number of carbonyl (C=O) groups is 3. The smallest absolute Gasteiger partial charge is 0.409 e. The van der Waals surface area contributed by atoms with E-state index in [0.29, 0.717) is 45.1 Å². The van der Waals surface area contributed by atoms with Crippen LogP contribution < -0.4 is 9.64 Å². The number of anilines is 1. The molecule has 8 nitrogen and oxygen atoms in total. The molecule has 0 unspecified atom stereocenters. The summed E-state index contributed by atoms with van der Waals surface area (Å²) in [6, 6.07) is 6.66. The van der Waals surface area contributed by atoms with Gasteiger partial charge in [-0.3, -0.25) is 14.5 Å². The van der Waals surface area contributed by atoms with E-state index in [1.54, 1.807) is 36.1 Å². The lowest BCUT2D eigenvalue weighted by atomic mass is 10.2. The number of benzene rings is 1. The minimum absolute atomic E-state index is 0.161. The van der Waals surface area contributed by atoms with Crippen LogP contribution in [0.5, 0.6) is 5.75 Å². The molecule has 0 radical (unpaired) electrons. The lowest BCUT2D eigenvalue weighted by Gasteiger charge is -2.36. The first-order chi connectivity index (χ1) is 15.0. The fraction of sp³-hybridized carbons (Fsp3) is 0.609. The van der Waals surface area contributed by atoms with Crippen LogP contribution in [0.25, 0.3) is 0 Å². The van der Waals surface area contributed by atoms with Crippen molar-refractivity contribution in [1.29, 1.82) is 0 Å². The Hall–Kier alpha value is -2.61. The second-order valence-electron chi connectivity index (χ2n) is 7.91. The van der Waals surface area contributed by atoms with Crippen LogP contribution in [-0.2, 0) is 14.3 Å². The normalized spacial score (nSPS) is 19.7. The molecule has 31 heavy (non-hydrogen) atoms. The number of nitrogens with zero attached hydrogens (tertiary/aromatic N) is 3. The van der Waals surface area contributed by atoms with Gasteiger partial charge in [0.2, 0.25) is 5.91 Å². The van der Waals surface area contributed by atoms with Crippen LogP contribution in [0.15, 0.2) is 24.3 Å². The molecule has 0 spiro atoms. The van der Waals surface area contributed by atoms with E-state index in [1.165, 1.54) is 17.7 Å². The minimum atomic E-state index is -0.480. The molecule has 0 aromatic heterocycles. The molecule has 170 valence electrons. The molecule has 2 aliphatic rings. The summed E-state index contributed by atoms with van der Waals surface area (Å²) >= 11 is 0. The van der Waals surface area contributed by atoms with Crippen molar-refractivity contribution in [3.05, 3.63) is 24.3 Å². The molecule has 0 aliphatic carbocycles. The van der Waals surface area contributed by atoms with Crippen LogP contribution >= 0.6 is 0 Å². The van der Waals surface area contributed by atoms with E-state index in [1.807, 2.05) is 4.90 Å². The van der Waals surface area contributed by atoms with Crippen LogP contribution in [0.4, 0.5) is 10.5 Å². The second kappa shape index (κ2) is 11.1. The number of carbonyl (C=O) groups excluding carboxylic acids is 3. The van der Waals surface area contributed by atoms with Crippen molar-refractivity contribution in [1.82, 2.24) is 9.80 Å². The first kappa shape index (κ1) is 23.1. The fourth-order valence-corrected chi connectivity index (χ4v) is 4.01. The standard InChI is InChI=1S/C23H33N3O5/c1-3-5-6-7-16-31-19-10-8-18(9-11-19)26-21(27)17-20(22(26)28)24-12-14-25(15-13-24)23(29)30-4-2/h8-11,20H,3-7,12-17H2,1-2H3/t20-/m0/s1. The Morgan fingerprint density at radius 2 is 1.71 bits per heavy atom. The summed E-state index contributed by atoms with van der Waals surface area (Å²) < 4.78 is 10.8. The number of piperazine rings is 1. The summed E-state index contributed by atoms with van der Waals surface area (Å²) in [7, 11) is 0. The van der Waals surface area contributed by atoms with Gasteiger partial charge in [0.1, 0.15) is 5.75 Å². The Kier molecular flexibility index (Phi) is 8.28. The number of hydrogen-bond donors (Lipinski definition) is 0. The lowest BCUT2D eigenvalue weighted by molar-refractivity contribution is -0.123. The van der Waals surface area contributed by atoms with Gasteiger partial charge in [-0.25, -0.2) is 9.69 Å². The van der Waals surface area contributed by atoms with Gasteiger partial charge in [-0.2, -0.15) is 0 Å². The highest BCUT2D eigenvalue weighted by molar-refractivity contribution is 6.22. The first-order valence-electron chi connectivity index (χ1n) is 11.3. The van der Waals surface area contributed by atoms with Gasteiger partial charge >= 0.3 is 6.09 Å². The molecule has 2 aliphatic heterocycles. The highest BCUT2D eigenvalue weighted by Crippen LogP contribution is 2.28. The molecule has 0 saturated carbocycles. The number of unbranched alkanes of at least 4 members (excludes halogenated alkanes) is 3. The van der Waals surface area contributed by atoms with Crippen LogP contribution in [0.1, 0.15) is 46.0 Å². The molecule has 8 heteroatoms. The number of imide groups is 1. The number of ether oxygens (including phenoxy) is 2. The Balaban J connectivity index is 1.54. The summed E-state index contributed by atoms with van der Waals surface area (Å²) in [5, 5.41) is 0. The van der Waals surface area contributed by atoms with Crippen molar-refractivity contribution in [3.8, 4) is 5.75 Å². The van der Waals surface area contributed by atoms with E-state index in [-0.39, 0.29) is 24.3 Å². The third-order valence-electron chi connectivity index (χ3n) is 5.77. The van der Waals surface area contributed by atoms with Crippen molar-refractivity contribution in [2.75, 3.05) is 44.3 Å². The maximum absolute atomic E-state index is 13.0. The van der Waals surface area contributed by atoms with E-state index in [9.17, 15) is 14.4 Å². The summed E-state index contributed by atoms with van der Waals surface area (Å²) in [5.74, 6) is 0.338. The van der Waals surface area contributed by atoms with Crippen molar-refractivity contribution in [2.45, 2.75) is 52.0 Å². The van der Waals surface area contributed by atoms with Crippen molar-refractivity contribution < 1.29 is 23.9 Å². The molecule has 1 aromatic carbocycles. The summed E-state index contributed by atoms with van der Waals surface area (Å²) in [6.07, 6.45) is 4.40. The van der Waals surface area contributed by atoms with E-state index in [4.69, 9.17) is 9.47 Å². The maximum atomic E-state index is 13.0. The number of amides is 3. The highest BCUT2D eigenvalue weighted by Gasteiger charge is 2.43. The zero-order valence-electron chi connectivity index (χ0n) is 18.5. The van der Waals surface area contributed by atoms with Crippen LogP contribution in [0, 0.1) is 0 Å². The second-order valence-corrected chi connectivity index (χ2v) is 7.91. The lowest BCUT2D eigenvalue weighted by Crippen LogP contribution is -2.54. The molecule has 1 atom stereocenters. The number of rotatable bonds is 9. The molecule has 3 amide bonds. The molecule has 2 heterocycles. The largest absolute Gasteiger partial charge is 0.494 e. The molecule has 3 rings (SSSR count). The van der Waals surface area contributed by atoms with E-state index >= 15 is 0 Å². The van der Waals surface area contributed by atoms with Gasteiger partial charge < -0.3 is 14.4 Å². The van der Waals surface area contributed by atoms with Gasteiger partial charge in [-0.15, -0.1) is 0 Å². The monoisotopic (exact) mass is 431 g/mol. The van der Waals surface area contributed by atoms with Crippen LogP contribution in [0.2, 0.25) is 0 Å². The summed E-state index contributed by atoms with van der Waals surface area (Å²) in [5.41, 5.74) is 0.570. The molecular formula is C23H33N3O5. The SMILES string of the molecule is CCCCCCOc1ccc(N2C(=O)C[C@H](N3CCN(C(=O)OCC)CC3)C2=O)cc1. The first-order valence-corrected chi connectivity index (χ1v) is 11.3. The van der Waals surface area contributed by atoms with Gasteiger partial charge in [0.05, 0.1) is 31.4 Å². The van der Waals surface area contributed by atoms with E-state index in [2.05, 4.69) is 6.92 Å². The number of hydrogen-bond acceptors (Lipinski definition) is 6.